The van der Waals surface area contributed by atoms with Crippen molar-refractivity contribution in [3.05, 3.63) is 64.5 Å². The van der Waals surface area contributed by atoms with Gasteiger partial charge in [0.05, 0.1) is 28.7 Å². The number of benzene rings is 1. The van der Waals surface area contributed by atoms with E-state index in [1.165, 1.54) is 34.8 Å². The van der Waals surface area contributed by atoms with Crippen molar-refractivity contribution in [2.75, 3.05) is 13.1 Å². The Morgan fingerprint density at radius 3 is 2.77 bits per heavy atom. The molecule has 0 saturated carbocycles. The van der Waals surface area contributed by atoms with Crippen LogP contribution in [-0.4, -0.2) is 59.9 Å². The third kappa shape index (κ3) is 3.78. The van der Waals surface area contributed by atoms with Crippen LogP contribution in [-0.2, 0) is 14.8 Å². The summed E-state index contributed by atoms with van der Waals surface area (Å²) < 4.78 is 33.1. The van der Waals surface area contributed by atoms with Gasteiger partial charge in [-0.2, -0.15) is 4.31 Å². The van der Waals surface area contributed by atoms with Crippen molar-refractivity contribution in [3.63, 3.8) is 0 Å². The lowest BCUT2D eigenvalue weighted by molar-refractivity contribution is -0.387. The molecule has 1 N–H and O–H groups in total. The maximum Gasteiger partial charge on any atom is 0.289 e. The van der Waals surface area contributed by atoms with E-state index < -0.39 is 20.6 Å². The Morgan fingerprint density at radius 2 is 2.07 bits per heavy atom. The average molecular weight is 432 g/mol. The van der Waals surface area contributed by atoms with Crippen molar-refractivity contribution in [1.82, 2.24) is 14.6 Å². The van der Waals surface area contributed by atoms with E-state index in [1.54, 1.807) is 18.3 Å². The number of rotatable bonds is 6. The number of pyridine rings is 1. The van der Waals surface area contributed by atoms with Gasteiger partial charge in [0.25, 0.3) is 11.6 Å². The van der Waals surface area contributed by atoms with Gasteiger partial charge in [-0.1, -0.05) is 12.1 Å². The molecular weight excluding hydrogens is 412 g/mol. The van der Waals surface area contributed by atoms with Gasteiger partial charge in [0, 0.05) is 31.5 Å². The lowest BCUT2D eigenvalue weighted by atomic mass is 9.92. The lowest BCUT2D eigenvalue weighted by Crippen LogP contribution is -2.66. The van der Waals surface area contributed by atoms with E-state index in [9.17, 15) is 23.3 Å². The van der Waals surface area contributed by atoms with E-state index >= 15 is 0 Å². The second kappa shape index (κ2) is 8.09. The summed E-state index contributed by atoms with van der Waals surface area (Å²) in [5.41, 5.74) is 0.0187. The van der Waals surface area contributed by atoms with E-state index in [4.69, 9.17) is 4.74 Å². The number of sulfonamides is 1. The maximum absolute atomic E-state index is 13.0. The number of aromatic nitrogens is 1. The molecule has 1 aromatic heterocycles. The Hall–Kier alpha value is -2.89. The zero-order chi connectivity index (χ0) is 21.3. The van der Waals surface area contributed by atoms with Gasteiger partial charge in [-0.3, -0.25) is 19.9 Å². The zero-order valence-electron chi connectivity index (χ0n) is 15.9. The smallest absolute Gasteiger partial charge is 0.289 e. The van der Waals surface area contributed by atoms with E-state index in [-0.39, 0.29) is 35.6 Å². The first kappa shape index (κ1) is 20.4. The number of nitrogens with one attached hydrogen (secondary N) is 1. The number of carbonyl (C=O) groups is 1. The largest absolute Gasteiger partial charge is 0.370 e. The van der Waals surface area contributed by atoms with E-state index in [0.29, 0.717) is 24.9 Å². The molecule has 0 radical (unpaired) electrons. The van der Waals surface area contributed by atoms with Crippen molar-refractivity contribution in [2.45, 2.75) is 36.0 Å². The first-order valence-corrected chi connectivity index (χ1v) is 10.9. The molecule has 0 unspecified atom stereocenters. The molecule has 11 heteroatoms. The molecule has 1 aromatic carbocycles. The van der Waals surface area contributed by atoms with Gasteiger partial charge < -0.3 is 10.1 Å². The fourth-order valence-corrected chi connectivity index (χ4v) is 5.65. The second-order valence-electron chi connectivity index (χ2n) is 7.19. The molecule has 0 aliphatic carbocycles. The second-order valence-corrected chi connectivity index (χ2v) is 9.05. The van der Waals surface area contributed by atoms with Crippen LogP contribution in [0.4, 0.5) is 5.69 Å². The highest BCUT2D eigenvalue weighted by molar-refractivity contribution is 7.89. The number of nitrogens with zero attached hydrogens (tertiary/aromatic N) is 3. The number of ether oxygens (including phenoxy) is 1. The molecule has 2 aromatic rings. The Bertz CT molecular complexity index is 1060. The number of carbonyl (C=O) groups excluding carboxylic acids is 1. The van der Waals surface area contributed by atoms with Crippen LogP contribution in [0, 0.1) is 10.1 Å². The Morgan fingerprint density at radius 1 is 1.27 bits per heavy atom. The molecule has 10 nitrogen and oxygen atoms in total. The Kier molecular flexibility index (Phi) is 5.50. The minimum absolute atomic E-state index is 0.131. The number of para-hydroxylation sites is 1. The third-order valence-corrected chi connectivity index (χ3v) is 7.31. The predicted octanol–water partition coefficient (Wildman–Crippen LogP) is 1.34. The average Bonchev–Trinajstić information content (AvgIpc) is 2.73. The number of hydrogen-bond donors (Lipinski definition) is 1. The summed E-state index contributed by atoms with van der Waals surface area (Å²) in [4.78, 5) is 26.2. The van der Waals surface area contributed by atoms with Gasteiger partial charge in [-0.05, 0) is 31.0 Å². The Labute approximate surface area is 173 Å². The fraction of sp³-hybridized carbons (Fsp3) is 0.368. The summed E-state index contributed by atoms with van der Waals surface area (Å²) >= 11 is 0. The summed E-state index contributed by atoms with van der Waals surface area (Å²) in [5, 5.41) is 14.0. The van der Waals surface area contributed by atoms with Crippen LogP contribution in [0.25, 0.3) is 0 Å². The molecule has 1 amide bonds. The summed E-state index contributed by atoms with van der Waals surface area (Å²) in [6.07, 6.45) is 3.67. The van der Waals surface area contributed by atoms with Gasteiger partial charge in [0.15, 0.2) is 4.90 Å². The molecule has 3 heterocycles. The van der Waals surface area contributed by atoms with Crippen molar-refractivity contribution in [2.24, 2.45) is 0 Å². The Balaban J connectivity index is 1.36. The minimum atomic E-state index is -3.99. The fourth-order valence-electron chi connectivity index (χ4n) is 3.80. The minimum Gasteiger partial charge on any atom is -0.370 e. The monoisotopic (exact) mass is 432 g/mol. The quantitative estimate of drug-likeness (QED) is 0.538. The molecule has 0 spiro atoms. The van der Waals surface area contributed by atoms with Crippen LogP contribution in [0.15, 0.2) is 53.7 Å². The summed E-state index contributed by atoms with van der Waals surface area (Å²) in [6.45, 7) is 0.444. The number of nitro groups is 1. The van der Waals surface area contributed by atoms with Gasteiger partial charge in [0.2, 0.25) is 10.0 Å². The van der Waals surface area contributed by atoms with E-state index in [2.05, 4.69) is 10.3 Å². The summed E-state index contributed by atoms with van der Waals surface area (Å²) in [6, 6.07) is 8.32. The molecule has 30 heavy (non-hydrogen) atoms. The van der Waals surface area contributed by atoms with Gasteiger partial charge >= 0.3 is 0 Å². The van der Waals surface area contributed by atoms with Crippen LogP contribution < -0.4 is 5.32 Å². The molecule has 2 aliphatic rings. The van der Waals surface area contributed by atoms with Crippen LogP contribution in [0.5, 0.6) is 0 Å². The molecule has 2 aliphatic heterocycles. The predicted molar refractivity (Wildman–Crippen MR) is 105 cm³/mol. The van der Waals surface area contributed by atoms with Crippen LogP contribution in [0.1, 0.15) is 23.2 Å². The highest BCUT2D eigenvalue weighted by Gasteiger charge is 2.51. The van der Waals surface area contributed by atoms with E-state index in [1.807, 2.05) is 0 Å². The molecule has 2 fully saturated rings. The van der Waals surface area contributed by atoms with Crippen molar-refractivity contribution < 1.29 is 22.9 Å². The first-order chi connectivity index (χ1) is 14.4. The topological polar surface area (TPSA) is 132 Å². The normalized spacial score (nSPS) is 23.8. The highest BCUT2D eigenvalue weighted by atomic mass is 32.2. The SMILES string of the molecule is O=C(NC[C@H]1CC[C@@H]2[C@@H](CN2S(=O)(=O)c2ccccc2[N+](=O)[O-])O1)c1cccnc1. The first-order valence-electron chi connectivity index (χ1n) is 9.47. The standard InChI is InChI=1S/C19H20N4O6S/c24-19(13-4-3-9-20-10-13)21-11-14-7-8-15-17(29-14)12-22(15)30(27,28)18-6-2-1-5-16(18)23(25)26/h1-6,9-10,14-15,17H,7-8,11-12H2,(H,21,24)/t14-,15-,17-/m1/s1. The molecule has 3 atom stereocenters. The highest BCUT2D eigenvalue weighted by Crippen LogP contribution is 2.38. The van der Waals surface area contributed by atoms with Crippen molar-refractivity contribution >= 4 is 21.6 Å². The molecular formula is C19H20N4O6S. The number of fused-ring (bicyclic) bond motifs is 1. The maximum atomic E-state index is 13.0. The third-order valence-electron chi connectivity index (χ3n) is 5.37. The number of hydrogen-bond acceptors (Lipinski definition) is 7. The van der Waals surface area contributed by atoms with Crippen LogP contribution >= 0.6 is 0 Å². The van der Waals surface area contributed by atoms with Crippen molar-refractivity contribution in [3.8, 4) is 0 Å². The molecule has 158 valence electrons. The van der Waals surface area contributed by atoms with Gasteiger partial charge in [-0.25, -0.2) is 8.42 Å². The summed E-state index contributed by atoms with van der Waals surface area (Å²) in [5.74, 6) is -0.247. The van der Waals surface area contributed by atoms with Crippen LogP contribution in [0.3, 0.4) is 0 Å². The summed E-state index contributed by atoms with van der Waals surface area (Å²) in [7, 11) is -3.99. The molecule has 4 rings (SSSR count). The van der Waals surface area contributed by atoms with Gasteiger partial charge in [-0.15, -0.1) is 0 Å². The van der Waals surface area contributed by atoms with Crippen LogP contribution in [0.2, 0.25) is 0 Å². The van der Waals surface area contributed by atoms with E-state index in [0.717, 1.165) is 0 Å². The molecule has 0 bridgehead atoms. The lowest BCUT2D eigenvalue weighted by Gasteiger charge is -2.50. The number of nitro benzene ring substituents is 1. The molecule has 2 saturated heterocycles. The number of amides is 1. The van der Waals surface area contributed by atoms with Gasteiger partial charge in [0.1, 0.15) is 0 Å². The zero-order valence-corrected chi connectivity index (χ0v) is 16.7. The van der Waals surface area contributed by atoms with Crippen molar-refractivity contribution in [1.29, 1.82) is 0 Å².